The number of carbonyl (C=O) groups excluding carboxylic acids is 1. The normalized spacial score (nSPS) is 18.8. The van der Waals surface area contributed by atoms with Crippen molar-refractivity contribution in [2.75, 3.05) is 0 Å². The zero-order valence-corrected chi connectivity index (χ0v) is 18.2. The van der Waals surface area contributed by atoms with Crippen LogP contribution in [0.3, 0.4) is 0 Å². The summed E-state index contributed by atoms with van der Waals surface area (Å²) in [6.07, 6.45) is 2.23. The molecule has 1 heterocycles. The first-order chi connectivity index (χ1) is 13.2. The molecule has 1 N–H and O–H groups in total. The van der Waals surface area contributed by atoms with Crippen LogP contribution in [0.2, 0.25) is 10.0 Å². The standard InChI is InChI=1S/C21H21Cl2N3OS/c1-21(2,3)15-7-4-13(5-8-15)12-24-26-20-25-19(27)18(28-20)11-14-6-9-16(22)17(23)10-14/h4-10,12,18H,11H2,1-3H3,(H,25,26,27)/b24-12+. The highest BCUT2D eigenvalue weighted by Gasteiger charge is 2.30. The van der Waals surface area contributed by atoms with Gasteiger partial charge in [-0.15, -0.1) is 5.10 Å². The Labute approximate surface area is 179 Å². The van der Waals surface area contributed by atoms with Gasteiger partial charge in [0.1, 0.15) is 0 Å². The van der Waals surface area contributed by atoms with Crippen LogP contribution in [-0.2, 0) is 16.6 Å². The molecule has 1 aliphatic heterocycles. The van der Waals surface area contributed by atoms with Gasteiger partial charge in [-0.05, 0) is 40.7 Å². The molecule has 1 fully saturated rings. The summed E-state index contributed by atoms with van der Waals surface area (Å²) in [6, 6.07) is 13.6. The van der Waals surface area contributed by atoms with Crippen molar-refractivity contribution in [2.24, 2.45) is 10.2 Å². The zero-order valence-electron chi connectivity index (χ0n) is 15.9. The number of halogens is 2. The number of carbonyl (C=O) groups is 1. The molecule has 0 radical (unpaired) electrons. The fourth-order valence-electron chi connectivity index (χ4n) is 2.68. The number of thioether (sulfide) groups is 1. The van der Waals surface area contributed by atoms with Crippen molar-refractivity contribution in [3.63, 3.8) is 0 Å². The minimum Gasteiger partial charge on any atom is -0.303 e. The van der Waals surface area contributed by atoms with Crippen molar-refractivity contribution < 1.29 is 4.79 Å². The van der Waals surface area contributed by atoms with E-state index in [1.165, 1.54) is 17.3 Å². The summed E-state index contributed by atoms with van der Waals surface area (Å²) in [7, 11) is 0. The number of nitrogens with zero attached hydrogens (tertiary/aromatic N) is 2. The predicted molar refractivity (Wildman–Crippen MR) is 120 cm³/mol. The van der Waals surface area contributed by atoms with Crippen molar-refractivity contribution in [3.8, 4) is 0 Å². The van der Waals surface area contributed by atoms with Gasteiger partial charge in [-0.25, -0.2) is 0 Å². The lowest BCUT2D eigenvalue weighted by atomic mass is 9.87. The van der Waals surface area contributed by atoms with Crippen molar-refractivity contribution in [1.29, 1.82) is 0 Å². The molecule has 4 nitrogen and oxygen atoms in total. The third-order valence-corrected chi connectivity index (χ3v) is 6.12. The molecule has 3 rings (SSSR count). The Bertz CT molecular complexity index is 934. The van der Waals surface area contributed by atoms with Crippen LogP contribution in [0, 0.1) is 0 Å². The van der Waals surface area contributed by atoms with E-state index < -0.39 is 0 Å². The van der Waals surface area contributed by atoms with Gasteiger partial charge in [-0.1, -0.05) is 86.1 Å². The number of benzene rings is 2. The van der Waals surface area contributed by atoms with Crippen LogP contribution in [0.25, 0.3) is 0 Å². The molecule has 1 aliphatic rings. The monoisotopic (exact) mass is 433 g/mol. The second-order valence-electron chi connectivity index (χ2n) is 7.57. The first kappa shape index (κ1) is 20.9. The van der Waals surface area contributed by atoms with E-state index >= 15 is 0 Å². The topological polar surface area (TPSA) is 53.8 Å². The third-order valence-electron chi connectivity index (χ3n) is 4.31. The van der Waals surface area contributed by atoms with E-state index in [-0.39, 0.29) is 16.6 Å². The van der Waals surface area contributed by atoms with Gasteiger partial charge in [-0.3, -0.25) is 4.79 Å². The number of nitrogens with one attached hydrogen (secondary N) is 1. The summed E-state index contributed by atoms with van der Waals surface area (Å²) in [5.41, 5.74) is 3.29. The fraction of sp³-hybridized carbons (Fsp3) is 0.286. The van der Waals surface area contributed by atoms with E-state index in [2.05, 4.69) is 48.4 Å². The van der Waals surface area contributed by atoms with Crippen molar-refractivity contribution >= 4 is 52.3 Å². The molecule has 1 atom stereocenters. The Hall–Kier alpha value is -1.82. The van der Waals surface area contributed by atoms with E-state index in [4.69, 9.17) is 23.2 Å². The highest BCUT2D eigenvalue weighted by Crippen LogP contribution is 2.27. The largest absolute Gasteiger partial charge is 0.303 e. The number of amidine groups is 1. The van der Waals surface area contributed by atoms with Crippen LogP contribution in [-0.4, -0.2) is 22.5 Å². The average molecular weight is 434 g/mol. The maximum Gasteiger partial charge on any atom is 0.239 e. The molecule has 1 saturated heterocycles. The molecule has 0 aromatic heterocycles. The average Bonchev–Trinajstić information content (AvgIpc) is 2.97. The van der Waals surface area contributed by atoms with Gasteiger partial charge in [0, 0.05) is 0 Å². The molecule has 28 heavy (non-hydrogen) atoms. The highest BCUT2D eigenvalue weighted by atomic mass is 35.5. The van der Waals surface area contributed by atoms with Gasteiger partial charge < -0.3 is 5.32 Å². The lowest BCUT2D eigenvalue weighted by molar-refractivity contribution is -0.118. The summed E-state index contributed by atoms with van der Waals surface area (Å²) < 4.78 is 0. The van der Waals surface area contributed by atoms with Crippen molar-refractivity contribution in [2.45, 2.75) is 37.9 Å². The molecule has 2 aromatic carbocycles. The van der Waals surface area contributed by atoms with Gasteiger partial charge in [-0.2, -0.15) is 5.10 Å². The number of rotatable bonds is 4. The first-order valence-corrected chi connectivity index (χ1v) is 10.5. The van der Waals surface area contributed by atoms with Gasteiger partial charge >= 0.3 is 0 Å². The van der Waals surface area contributed by atoms with E-state index in [9.17, 15) is 4.79 Å². The van der Waals surface area contributed by atoms with Gasteiger partial charge in [0.15, 0.2) is 5.17 Å². The lowest BCUT2D eigenvalue weighted by Crippen LogP contribution is -2.25. The number of amides is 1. The molecule has 0 spiro atoms. The van der Waals surface area contributed by atoms with Crippen LogP contribution in [0.5, 0.6) is 0 Å². The fourth-order valence-corrected chi connectivity index (χ4v) is 3.97. The maximum atomic E-state index is 12.2. The van der Waals surface area contributed by atoms with Crippen LogP contribution in [0.15, 0.2) is 52.7 Å². The predicted octanol–water partition coefficient (Wildman–Crippen LogP) is 5.46. The second-order valence-corrected chi connectivity index (χ2v) is 9.58. The Morgan fingerprint density at radius 2 is 1.82 bits per heavy atom. The number of hydrogen-bond acceptors (Lipinski definition) is 4. The van der Waals surface area contributed by atoms with Crippen LogP contribution < -0.4 is 5.32 Å². The molecule has 146 valence electrons. The molecular weight excluding hydrogens is 413 g/mol. The molecule has 1 amide bonds. The van der Waals surface area contributed by atoms with Gasteiger partial charge in [0.25, 0.3) is 0 Å². The van der Waals surface area contributed by atoms with Crippen LogP contribution in [0.1, 0.15) is 37.5 Å². The van der Waals surface area contributed by atoms with Crippen molar-refractivity contribution in [1.82, 2.24) is 5.32 Å². The molecule has 0 aliphatic carbocycles. The lowest BCUT2D eigenvalue weighted by Gasteiger charge is -2.18. The summed E-state index contributed by atoms with van der Waals surface area (Å²) >= 11 is 13.3. The third kappa shape index (κ3) is 5.37. The maximum absolute atomic E-state index is 12.2. The first-order valence-electron chi connectivity index (χ1n) is 8.85. The minimum absolute atomic E-state index is 0.0837. The summed E-state index contributed by atoms with van der Waals surface area (Å²) in [5, 5.41) is 12.2. The van der Waals surface area contributed by atoms with E-state index in [0.29, 0.717) is 21.6 Å². The summed E-state index contributed by atoms with van der Waals surface area (Å²) in [5.74, 6) is -0.0837. The second kappa shape index (κ2) is 8.68. The van der Waals surface area contributed by atoms with E-state index in [1.54, 1.807) is 18.3 Å². The Morgan fingerprint density at radius 1 is 1.11 bits per heavy atom. The van der Waals surface area contributed by atoms with Crippen LogP contribution >= 0.6 is 35.0 Å². The molecule has 1 unspecified atom stereocenters. The highest BCUT2D eigenvalue weighted by molar-refractivity contribution is 8.15. The van der Waals surface area contributed by atoms with Gasteiger partial charge in [0.05, 0.1) is 21.5 Å². The molecule has 0 saturated carbocycles. The van der Waals surface area contributed by atoms with E-state index in [0.717, 1.165) is 11.1 Å². The Kier molecular flexibility index (Phi) is 6.48. The van der Waals surface area contributed by atoms with Crippen LogP contribution in [0.4, 0.5) is 0 Å². The zero-order chi connectivity index (χ0) is 20.3. The SMILES string of the molecule is CC(C)(C)c1ccc(/C=N/N=C2\NC(=O)C(Cc3ccc(Cl)c(Cl)c3)S2)cc1. The molecule has 0 bridgehead atoms. The molecule has 2 aromatic rings. The summed E-state index contributed by atoms with van der Waals surface area (Å²) in [6.45, 7) is 6.53. The Balaban J connectivity index is 1.61. The molecule has 7 heteroatoms. The Morgan fingerprint density at radius 3 is 2.46 bits per heavy atom. The smallest absolute Gasteiger partial charge is 0.239 e. The summed E-state index contributed by atoms with van der Waals surface area (Å²) in [4.78, 5) is 12.2. The van der Waals surface area contributed by atoms with Crippen molar-refractivity contribution in [3.05, 3.63) is 69.2 Å². The van der Waals surface area contributed by atoms with Gasteiger partial charge in [0.2, 0.25) is 5.91 Å². The molecular formula is C21H21Cl2N3OS. The quantitative estimate of drug-likeness (QED) is 0.514. The number of hydrogen-bond donors (Lipinski definition) is 1. The van der Waals surface area contributed by atoms with E-state index in [1.807, 2.05) is 18.2 Å². The minimum atomic E-state index is -0.266.